The lowest BCUT2D eigenvalue weighted by atomic mass is 10.1. The summed E-state index contributed by atoms with van der Waals surface area (Å²) < 4.78 is 38.6. The molecule has 1 fully saturated rings. The number of nitrogens with zero attached hydrogens (tertiary/aromatic N) is 1. The highest BCUT2D eigenvalue weighted by atomic mass is 32.2. The number of halogens is 1. The third-order valence-corrected chi connectivity index (χ3v) is 4.79. The average molecular weight is 326 g/mol. The second kappa shape index (κ2) is 6.58. The Hall–Kier alpha value is -1.73. The highest BCUT2D eigenvalue weighted by Gasteiger charge is 2.27. The Bertz CT molecular complexity index is 688. The van der Waals surface area contributed by atoms with Crippen molar-refractivity contribution in [2.45, 2.75) is 13.3 Å². The van der Waals surface area contributed by atoms with Gasteiger partial charge in [-0.3, -0.25) is 4.79 Å². The fourth-order valence-electron chi connectivity index (χ4n) is 2.39. The summed E-state index contributed by atoms with van der Waals surface area (Å²) in [6.45, 7) is 6.12. The van der Waals surface area contributed by atoms with Gasteiger partial charge >= 0.3 is 0 Å². The van der Waals surface area contributed by atoms with Crippen molar-refractivity contribution in [3.05, 3.63) is 47.1 Å². The molecule has 1 aromatic carbocycles. The molecule has 1 aliphatic heterocycles. The Labute approximate surface area is 129 Å². The fourth-order valence-corrected chi connectivity index (χ4v) is 2.97. The normalized spacial score (nSPS) is 18.5. The number of amides is 1. The van der Waals surface area contributed by atoms with Crippen LogP contribution in [0.2, 0.25) is 0 Å². The van der Waals surface area contributed by atoms with E-state index in [0.29, 0.717) is 30.6 Å². The molecule has 5 nitrogen and oxygen atoms in total. The van der Waals surface area contributed by atoms with Gasteiger partial charge in [-0.25, -0.2) is 17.5 Å². The summed E-state index contributed by atoms with van der Waals surface area (Å²) in [5.74, 6) is -0.581. The van der Waals surface area contributed by atoms with Crippen LogP contribution in [0.4, 0.5) is 4.39 Å². The number of likely N-dealkylation sites (tertiary alicyclic amines) is 1. The third-order valence-electron chi connectivity index (χ3n) is 3.78. The number of nitrogens with one attached hydrogen (secondary N) is 1. The first-order valence-corrected chi connectivity index (χ1v) is 8.54. The topological polar surface area (TPSA) is 66.5 Å². The number of aryl methyl sites for hydroxylation is 1. The van der Waals surface area contributed by atoms with E-state index in [0.717, 1.165) is 5.41 Å². The highest BCUT2D eigenvalue weighted by Crippen LogP contribution is 2.19. The van der Waals surface area contributed by atoms with Gasteiger partial charge in [0.1, 0.15) is 5.82 Å². The number of rotatable bonds is 5. The number of sulfonamides is 1. The van der Waals surface area contributed by atoms with Gasteiger partial charge in [-0.05, 0) is 37.0 Å². The minimum Gasteiger partial charge on any atom is -0.338 e. The van der Waals surface area contributed by atoms with Crippen molar-refractivity contribution in [1.82, 2.24) is 9.62 Å². The van der Waals surface area contributed by atoms with Gasteiger partial charge in [0.05, 0.1) is 0 Å². The number of hydrogen-bond donors (Lipinski definition) is 1. The molecule has 1 amide bonds. The van der Waals surface area contributed by atoms with E-state index in [1.807, 2.05) is 0 Å². The first-order chi connectivity index (χ1) is 10.3. The lowest BCUT2D eigenvalue weighted by Crippen LogP contribution is -2.32. The number of carbonyl (C=O) groups is 1. The molecule has 1 heterocycles. The first-order valence-electron chi connectivity index (χ1n) is 7.00. The minimum atomic E-state index is -3.45. The van der Waals surface area contributed by atoms with Gasteiger partial charge in [0, 0.05) is 30.6 Å². The van der Waals surface area contributed by atoms with E-state index in [9.17, 15) is 17.6 Å². The maximum atomic E-state index is 13.5. The molecule has 0 saturated carbocycles. The van der Waals surface area contributed by atoms with Crippen molar-refractivity contribution < 1.29 is 17.6 Å². The molecule has 0 aromatic heterocycles. The third kappa shape index (κ3) is 3.92. The fraction of sp³-hybridized carbons (Fsp3) is 0.400. The van der Waals surface area contributed by atoms with Crippen LogP contribution in [-0.2, 0) is 10.0 Å². The van der Waals surface area contributed by atoms with E-state index in [1.54, 1.807) is 24.0 Å². The standard InChI is InChI=1S/C15H19FN2O3S/c1-3-22(20,21)17-9-12-6-7-18(10-12)15(19)13-5-4-11(2)14(16)8-13/h3-5,8,12,17H,1,6-7,9-10H2,2H3/t12-/m1/s1. The molecule has 0 aliphatic carbocycles. The van der Waals surface area contributed by atoms with Crippen molar-refractivity contribution in [2.24, 2.45) is 5.92 Å². The molecule has 120 valence electrons. The van der Waals surface area contributed by atoms with Crippen LogP contribution >= 0.6 is 0 Å². The van der Waals surface area contributed by atoms with Crippen molar-refractivity contribution in [3.63, 3.8) is 0 Å². The molecule has 1 aliphatic rings. The predicted octanol–water partition coefficient (Wildman–Crippen LogP) is 1.66. The van der Waals surface area contributed by atoms with Crippen molar-refractivity contribution in [3.8, 4) is 0 Å². The van der Waals surface area contributed by atoms with Crippen LogP contribution in [0, 0.1) is 18.7 Å². The molecule has 1 aromatic rings. The lowest BCUT2D eigenvalue weighted by molar-refractivity contribution is 0.0787. The highest BCUT2D eigenvalue weighted by molar-refractivity contribution is 7.92. The van der Waals surface area contributed by atoms with Gasteiger partial charge in [0.25, 0.3) is 5.91 Å². The van der Waals surface area contributed by atoms with Crippen molar-refractivity contribution in [2.75, 3.05) is 19.6 Å². The smallest absolute Gasteiger partial charge is 0.253 e. The second-order valence-electron chi connectivity index (χ2n) is 5.43. The van der Waals surface area contributed by atoms with Crippen LogP contribution in [0.15, 0.2) is 30.2 Å². The first kappa shape index (κ1) is 16.6. The van der Waals surface area contributed by atoms with E-state index < -0.39 is 15.8 Å². The summed E-state index contributed by atoms with van der Waals surface area (Å²) in [6, 6.07) is 4.42. The molecule has 0 bridgehead atoms. The molecule has 0 unspecified atom stereocenters. The molecule has 1 atom stereocenters. The molecule has 1 N–H and O–H groups in total. The summed E-state index contributed by atoms with van der Waals surface area (Å²) >= 11 is 0. The predicted molar refractivity (Wildman–Crippen MR) is 82.3 cm³/mol. The van der Waals surface area contributed by atoms with Crippen LogP contribution in [0.1, 0.15) is 22.3 Å². The lowest BCUT2D eigenvalue weighted by Gasteiger charge is -2.17. The Morgan fingerprint density at radius 2 is 2.27 bits per heavy atom. The molecule has 0 radical (unpaired) electrons. The maximum absolute atomic E-state index is 13.5. The zero-order chi connectivity index (χ0) is 16.3. The quantitative estimate of drug-likeness (QED) is 0.895. The number of carbonyl (C=O) groups excluding carboxylic acids is 1. The summed E-state index contributed by atoms with van der Waals surface area (Å²) in [6.07, 6.45) is 0.708. The van der Waals surface area contributed by atoms with Crippen molar-refractivity contribution >= 4 is 15.9 Å². The van der Waals surface area contributed by atoms with Gasteiger partial charge in [0.2, 0.25) is 10.0 Å². The van der Waals surface area contributed by atoms with Gasteiger partial charge in [-0.1, -0.05) is 12.6 Å². The van der Waals surface area contributed by atoms with Gasteiger partial charge in [-0.2, -0.15) is 0 Å². The minimum absolute atomic E-state index is 0.0500. The largest absolute Gasteiger partial charge is 0.338 e. The van der Waals surface area contributed by atoms with Crippen LogP contribution in [0.3, 0.4) is 0 Å². The van der Waals surface area contributed by atoms with E-state index in [-0.39, 0.29) is 18.4 Å². The molecule has 7 heteroatoms. The summed E-state index contributed by atoms with van der Waals surface area (Å²) in [5, 5.41) is 0.861. The van der Waals surface area contributed by atoms with Crippen molar-refractivity contribution in [1.29, 1.82) is 0 Å². The Morgan fingerprint density at radius 3 is 2.91 bits per heavy atom. The van der Waals surface area contributed by atoms with E-state index in [1.165, 1.54) is 6.07 Å². The molecule has 0 spiro atoms. The summed E-state index contributed by atoms with van der Waals surface area (Å²) in [5.41, 5.74) is 0.810. The molecular formula is C15H19FN2O3S. The molecular weight excluding hydrogens is 307 g/mol. The summed E-state index contributed by atoms with van der Waals surface area (Å²) in [7, 11) is -3.45. The monoisotopic (exact) mass is 326 g/mol. The van der Waals surface area contributed by atoms with Crippen LogP contribution in [-0.4, -0.2) is 38.9 Å². The zero-order valence-electron chi connectivity index (χ0n) is 12.4. The maximum Gasteiger partial charge on any atom is 0.253 e. The Morgan fingerprint density at radius 1 is 1.55 bits per heavy atom. The van der Waals surface area contributed by atoms with Gasteiger partial charge in [-0.15, -0.1) is 0 Å². The summed E-state index contributed by atoms with van der Waals surface area (Å²) in [4.78, 5) is 13.9. The van der Waals surface area contributed by atoms with Gasteiger partial charge < -0.3 is 4.90 Å². The zero-order valence-corrected chi connectivity index (χ0v) is 13.2. The van der Waals surface area contributed by atoms with E-state index in [4.69, 9.17) is 0 Å². The molecule has 1 saturated heterocycles. The van der Waals surface area contributed by atoms with E-state index in [2.05, 4.69) is 11.3 Å². The van der Waals surface area contributed by atoms with Crippen LogP contribution < -0.4 is 4.72 Å². The van der Waals surface area contributed by atoms with E-state index >= 15 is 0 Å². The second-order valence-corrected chi connectivity index (χ2v) is 7.14. The number of benzene rings is 1. The molecule has 22 heavy (non-hydrogen) atoms. The van der Waals surface area contributed by atoms with Crippen LogP contribution in [0.25, 0.3) is 0 Å². The number of hydrogen-bond acceptors (Lipinski definition) is 3. The average Bonchev–Trinajstić information content (AvgIpc) is 2.96. The Balaban J connectivity index is 1.96. The van der Waals surface area contributed by atoms with Crippen LogP contribution in [0.5, 0.6) is 0 Å². The van der Waals surface area contributed by atoms with Gasteiger partial charge in [0.15, 0.2) is 0 Å². The SMILES string of the molecule is C=CS(=O)(=O)NC[C@H]1CCN(C(=O)c2ccc(C)c(F)c2)C1. The Kier molecular flexibility index (Phi) is 4.97. The molecule has 2 rings (SSSR count).